The molecule has 1 aliphatic heterocycles. The maximum absolute atomic E-state index is 14.1. The summed E-state index contributed by atoms with van der Waals surface area (Å²) in [5.41, 5.74) is -2.57. The van der Waals surface area contributed by atoms with Crippen molar-refractivity contribution in [2.75, 3.05) is 12.8 Å². The van der Waals surface area contributed by atoms with Gasteiger partial charge in [0.25, 0.3) is 10.1 Å². The molecule has 0 aromatic heterocycles. The van der Waals surface area contributed by atoms with Crippen molar-refractivity contribution in [1.29, 1.82) is 0 Å². The van der Waals surface area contributed by atoms with Crippen molar-refractivity contribution in [2.45, 2.75) is 57.6 Å². The maximum Gasteiger partial charge on any atom is 0.411 e. The van der Waals surface area contributed by atoms with Crippen LogP contribution in [-0.2, 0) is 30.4 Å². The number of carbonyl (C=O) groups is 2. The standard InChI is InChI=1S/C19H26ClFN2O7S/c1-17(2,3)29-16(25)23-11-19(26,30-31(5,27)28)10-18(23,4)15(24)22-9-12-7-6-8-13(20)14(12)21/h6-8,26H,9-11H2,1-5H3,(H,22,24)/t18-,19+/m0/s1. The lowest BCUT2D eigenvalue weighted by Crippen LogP contribution is -2.56. The molecule has 0 unspecified atom stereocenters. The molecule has 1 saturated heterocycles. The van der Waals surface area contributed by atoms with Gasteiger partial charge in [-0.2, -0.15) is 8.42 Å². The van der Waals surface area contributed by atoms with Crippen molar-refractivity contribution in [1.82, 2.24) is 10.2 Å². The highest BCUT2D eigenvalue weighted by molar-refractivity contribution is 7.86. The fourth-order valence-electron chi connectivity index (χ4n) is 3.29. The lowest BCUT2D eigenvalue weighted by Gasteiger charge is -2.34. The number of likely N-dealkylation sites (tertiary alicyclic amines) is 1. The molecule has 0 aliphatic carbocycles. The average molecular weight is 481 g/mol. The number of hydrogen-bond donors (Lipinski definition) is 2. The Morgan fingerprint density at radius 2 is 1.97 bits per heavy atom. The molecule has 1 aromatic carbocycles. The van der Waals surface area contributed by atoms with Gasteiger partial charge in [0.15, 0.2) is 0 Å². The predicted molar refractivity (Wildman–Crippen MR) is 110 cm³/mol. The molecule has 1 fully saturated rings. The highest BCUT2D eigenvalue weighted by Gasteiger charge is 2.59. The first-order valence-electron chi connectivity index (χ1n) is 9.31. The smallest absolute Gasteiger partial charge is 0.411 e. The van der Waals surface area contributed by atoms with Crippen LogP contribution in [0.4, 0.5) is 9.18 Å². The second-order valence-corrected chi connectivity index (χ2v) is 10.6. The van der Waals surface area contributed by atoms with E-state index in [4.69, 9.17) is 20.5 Å². The Kier molecular flexibility index (Phi) is 6.97. The molecule has 2 N–H and O–H groups in total. The van der Waals surface area contributed by atoms with Gasteiger partial charge in [-0.25, -0.2) is 13.4 Å². The van der Waals surface area contributed by atoms with Gasteiger partial charge < -0.3 is 15.2 Å². The van der Waals surface area contributed by atoms with Gasteiger partial charge in [-0.3, -0.25) is 9.69 Å². The molecule has 1 aliphatic rings. The number of rotatable bonds is 5. The van der Waals surface area contributed by atoms with Crippen LogP contribution in [-0.4, -0.2) is 60.2 Å². The Morgan fingerprint density at radius 3 is 2.52 bits per heavy atom. The summed E-state index contributed by atoms with van der Waals surface area (Å²) in [5, 5.41) is 13.1. The van der Waals surface area contributed by atoms with E-state index in [0.29, 0.717) is 0 Å². The van der Waals surface area contributed by atoms with Gasteiger partial charge in [-0.05, 0) is 33.8 Å². The zero-order valence-electron chi connectivity index (χ0n) is 17.9. The van der Waals surface area contributed by atoms with Crippen molar-refractivity contribution >= 4 is 33.7 Å². The van der Waals surface area contributed by atoms with Crippen LogP contribution < -0.4 is 5.32 Å². The van der Waals surface area contributed by atoms with Crippen molar-refractivity contribution in [3.05, 3.63) is 34.6 Å². The van der Waals surface area contributed by atoms with Crippen molar-refractivity contribution in [3.63, 3.8) is 0 Å². The summed E-state index contributed by atoms with van der Waals surface area (Å²) in [6.45, 7) is 5.27. The number of ether oxygens (including phenoxy) is 1. The summed E-state index contributed by atoms with van der Waals surface area (Å²) in [6, 6.07) is 4.29. The van der Waals surface area contributed by atoms with E-state index < -0.39 is 57.8 Å². The van der Waals surface area contributed by atoms with Crippen molar-refractivity contribution in [2.24, 2.45) is 0 Å². The molecule has 2 atom stereocenters. The molecule has 1 aromatic rings. The quantitative estimate of drug-likeness (QED) is 0.489. The van der Waals surface area contributed by atoms with Crippen molar-refractivity contribution in [3.8, 4) is 0 Å². The fraction of sp³-hybridized carbons (Fsp3) is 0.579. The Balaban J connectivity index is 2.32. The third-order valence-electron chi connectivity index (χ3n) is 4.50. The Morgan fingerprint density at radius 1 is 1.35 bits per heavy atom. The van der Waals surface area contributed by atoms with Gasteiger partial charge >= 0.3 is 6.09 Å². The molecule has 0 spiro atoms. The predicted octanol–water partition coefficient (Wildman–Crippen LogP) is 2.16. The number of hydrogen-bond acceptors (Lipinski definition) is 7. The average Bonchev–Trinajstić information content (AvgIpc) is 2.84. The number of carbonyl (C=O) groups excluding carboxylic acids is 2. The summed E-state index contributed by atoms with van der Waals surface area (Å²) < 4.78 is 47.4. The minimum Gasteiger partial charge on any atom is -0.444 e. The van der Waals surface area contributed by atoms with E-state index in [0.717, 1.165) is 11.2 Å². The van der Waals surface area contributed by atoms with E-state index in [9.17, 15) is 27.5 Å². The summed E-state index contributed by atoms with van der Waals surface area (Å²) in [6.07, 6.45) is -0.775. The number of aliphatic hydroxyl groups is 1. The van der Waals surface area contributed by atoms with Gasteiger partial charge in [-0.1, -0.05) is 23.7 Å². The van der Waals surface area contributed by atoms with Crippen molar-refractivity contribution < 1.29 is 36.4 Å². The Bertz CT molecular complexity index is 982. The van der Waals surface area contributed by atoms with Crippen LogP contribution in [0.3, 0.4) is 0 Å². The molecule has 2 amide bonds. The van der Waals surface area contributed by atoms with Gasteiger partial charge in [0, 0.05) is 18.5 Å². The van der Waals surface area contributed by atoms with Crippen LogP contribution in [0, 0.1) is 5.82 Å². The van der Waals surface area contributed by atoms with E-state index in [1.807, 2.05) is 0 Å². The zero-order valence-corrected chi connectivity index (χ0v) is 19.4. The molecule has 174 valence electrons. The van der Waals surface area contributed by atoms with E-state index in [1.165, 1.54) is 25.1 Å². The maximum atomic E-state index is 14.1. The molecular formula is C19H26ClFN2O7S. The second kappa shape index (κ2) is 8.53. The van der Waals surface area contributed by atoms with Gasteiger partial charge in [0.1, 0.15) is 17.0 Å². The van der Waals surface area contributed by atoms with E-state index in [-0.39, 0.29) is 17.1 Å². The summed E-state index contributed by atoms with van der Waals surface area (Å²) in [7, 11) is -4.12. The van der Waals surface area contributed by atoms with Crippen LogP contribution in [0.15, 0.2) is 18.2 Å². The van der Waals surface area contributed by atoms with Gasteiger partial charge in [-0.15, -0.1) is 0 Å². The third-order valence-corrected chi connectivity index (χ3v) is 5.41. The first-order valence-corrected chi connectivity index (χ1v) is 11.5. The normalized spacial score (nSPS) is 24.2. The SMILES string of the molecule is CC(C)(C)OC(=O)N1C[C@](O)(OS(C)(=O)=O)C[C@@]1(C)C(=O)NCc1cccc(Cl)c1F. The Hall–Kier alpha value is -1.95. The van der Waals surface area contributed by atoms with Crippen LogP contribution in [0.5, 0.6) is 0 Å². The molecule has 1 heterocycles. The monoisotopic (exact) mass is 480 g/mol. The molecule has 31 heavy (non-hydrogen) atoms. The van der Waals surface area contributed by atoms with Crippen LogP contribution in [0.2, 0.25) is 5.02 Å². The molecule has 2 rings (SSSR count). The van der Waals surface area contributed by atoms with E-state index >= 15 is 0 Å². The number of benzene rings is 1. The van der Waals surface area contributed by atoms with Crippen LogP contribution in [0.25, 0.3) is 0 Å². The third kappa shape index (κ3) is 6.28. The highest BCUT2D eigenvalue weighted by Crippen LogP contribution is 2.39. The van der Waals surface area contributed by atoms with Crippen LogP contribution >= 0.6 is 11.6 Å². The molecule has 9 nitrogen and oxygen atoms in total. The molecule has 0 bridgehead atoms. The largest absolute Gasteiger partial charge is 0.444 e. The molecule has 0 saturated carbocycles. The molecule has 12 heteroatoms. The summed E-state index contributed by atoms with van der Waals surface area (Å²) >= 11 is 5.75. The number of amides is 2. The topological polar surface area (TPSA) is 122 Å². The lowest BCUT2D eigenvalue weighted by atomic mass is 9.95. The number of halogens is 2. The first-order chi connectivity index (χ1) is 14.0. The van der Waals surface area contributed by atoms with Gasteiger partial charge in [0.2, 0.25) is 11.7 Å². The second-order valence-electron chi connectivity index (χ2n) is 8.65. The highest BCUT2D eigenvalue weighted by atomic mass is 35.5. The number of nitrogens with one attached hydrogen (secondary N) is 1. The number of nitrogens with zero attached hydrogens (tertiary/aromatic N) is 1. The van der Waals surface area contributed by atoms with Crippen LogP contribution in [0.1, 0.15) is 39.7 Å². The minimum atomic E-state index is -4.12. The minimum absolute atomic E-state index is 0.105. The van der Waals surface area contributed by atoms with E-state index in [1.54, 1.807) is 20.8 Å². The van der Waals surface area contributed by atoms with E-state index in [2.05, 4.69) is 5.32 Å². The summed E-state index contributed by atoms with van der Waals surface area (Å²) in [4.78, 5) is 26.7. The summed E-state index contributed by atoms with van der Waals surface area (Å²) in [5.74, 6) is -3.83. The molecule has 0 radical (unpaired) electrons. The number of β-amino-alcohol motifs (C(OH)–C–C–N with tert-alkyl or cyclic N) is 1. The fourth-order valence-corrected chi connectivity index (χ4v) is 4.15. The first kappa shape index (κ1) is 25.3. The Labute approximate surface area is 185 Å². The van der Waals surface area contributed by atoms with Gasteiger partial charge in [0.05, 0.1) is 17.8 Å². The molecular weight excluding hydrogens is 455 g/mol. The zero-order chi connectivity index (χ0) is 23.8. The lowest BCUT2D eigenvalue weighted by molar-refractivity contribution is -0.135.